The lowest BCUT2D eigenvalue weighted by Crippen LogP contribution is -2.53. The Morgan fingerprint density at radius 3 is 2.43 bits per heavy atom. The molecule has 156 valence electrons. The number of aromatic nitrogens is 4. The number of hydrogen-bond acceptors (Lipinski definition) is 5. The summed E-state index contributed by atoms with van der Waals surface area (Å²) in [5.41, 5.74) is 1.27. The lowest BCUT2D eigenvalue weighted by molar-refractivity contribution is -0.142. The highest BCUT2D eigenvalue weighted by Crippen LogP contribution is 2.46. The molecule has 0 unspecified atom stereocenters. The number of hydrogen-bond donors (Lipinski definition) is 0. The molecule has 8 heteroatoms. The average Bonchev–Trinajstić information content (AvgIpc) is 3.13. The molecule has 30 heavy (non-hydrogen) atoms. The van der Waals surface area contributed by atoms with Gasteiger partial charge in [0.15, 0.2) is 0 Å². The Morgan fingerprint density at radius 1 is 0.967 bits per heavy atom. The molecule has 2 bridgehead atoms. The van der Waals surface area contributed by atoms with Gasteiger partial charge in [0, 0.05) is 19.0 Å². The maximum absolute atomic E-state index is 13.3. The van der Waals surface area contributed by atoms with Crippen molar-refractivity contribution in [2.75, 3.05) is 13.1 Å². The predicted octanol–water partition coefficient (Wildman–Crippen LogP) is 1.91. The molecule has 2 aliphatic carbocycles. The molecule has 0 spiro atoms. The van der Waals surface area contributed by atoms with Gasteiger partial charge in [-0.05, 0) is 60.1 Å². The van der Waals surface area contributed by atoms with Crippen LogP contribution < -0.4 is 0 Å². The Kier molecular flexibility index (Phi) is 4.14. The largest absolute Gasteiger partial charge is 0.336 e. The second-order valence-corrected chi connectivity index (χ2v) is 9.48. The van der Waals surface area contributed by atoms with Gasteiger partial charge >= 0.3 is 0 Å². The third-order valence-electron chi connectivity index (χ3n) is 7.46. The zero-order chi connectivity index (χ0) is 20.2. The number of para-hydroxylation sites is 1. The number of piperazine rings is 1. The summed E-state index contributed by atoms with van der Waals surface area (Å²) in [5.74, 6) is 2.26. The zero-order valence-corrected chi connectivity index (χ0v) is 16.9. The van der Waals surface area contributed by atoms with Crippen LogP contribution in [0.15, 0.2) is 30.6 Å². The SMILES string of the molecule is O=C(c1ccccc1-n1cnnn1)N1C[C@@H]2C[C@H]1CN2C(=O)C1CC(CC2CC2)C1. The minimum atomic E-state index is -0.00570. The van der Waals surface area contributed by atoms with Crippen molar-refractivity contribution in [3.05, 3.63) is 36.2 Å². The third kappa shape index (κ3) is 3.00. The van der Waals surface area contributed by atoms with Crippen molar-refractivity contribution in [3.63, 3.8) is 0 Å². The van der Waals surface area contributed by atoms with Crippen molar-refractivity contribution in [1.29, 1.82) is 0 Å². The second-order valence-electron chi connectivity index (χ2n) is 9.48. The zero-order valence-electron chi connectivity index (χ0n) is 16.9. The quantitative estimate of drug-likeness (QED) is 0.757. The normalized spacial score (nSPS) is 29.9. The number of benzene rings is 1. The molecule has 2 amide bonds. The standard InChI is InChI=1S/C22H26N6O2/c29-21(16-8-15(9-16)7-14-5-6-14)26-11-18-10-17(26)12-27(18)22(30)19-3-1-2-4-20(19)28-13-23-24-25-28/h1-4,13-18H,5-12H2/t15?,16?,17-,18-/m0/s1. The summed E-state index contributed by atoms with van der Waals surface area (Å²) in [5, 5.41) is 11.3. The number of likely N-dealkylation sites (tertiary alicyclic amines) is 2. The molecule has 8 nitrogen and oxygen atoms in total. The summed E-state index contributed by atoms with van der Waals surface area (Å²) >= 11 is 0. The average molecular weight is 406 g/mol. The van der Waals surface area contributed by atoms with Gasteiger partial charge < -0.3 is 9.80 Å². The number of carbonyl (C=O) groups excluding carboxylic acids is 2. The topological polar surface area (TPSA) is 84.2 Å². The number of nitrogens with zero attached hydrogens (tertiary/aromatic N) is 6. The van der Waals surface area contributed by atoms with Crippen molar-refractivity contribution in [3.8, 4) is 5.69 Å². The lowest BCUT2D eigenvalue weighted by Gasteiger charge is -2.41. The minimum absolute atomic E-state index is 0.00570. The van der Waals surface area contributed by atoms with Crippen LogP contribution >= 0.6 is 0 Å². The van der Waals surface area contributed by atoms with Gasteiger partial charge in [-0.2, -0.15) is 4.68 Å². The molecule has 2 atom stereocenters. The van der Waals surface area contributed by atoms with E-state index in [1.165, 1.54) is 30.3 Å². The van der Waals surface area contributed by atoms with Crippen LogP contribution in [0.25, 0.3) is 5.69 Å². The first-order valence-corrected chi connectivity index (χ1v) is 11.1. The molecule has 2 aliphatic heterocycles. The first-order chi connectivity index (χ1) is 14.7. The Labute approximate surface area is 175 Å². The molecule has 3 heterocycles. The third-order valence-corrected chi connectivity index (χ3v) is 7.46. The van der Waals surface area contributed by atoms with E-state index in [2.05, 4.69) is 20.4 Å². The molecule has 0 N–H and O–H groups in total. The molecule has 2 saturated heterocycles. The van der Waals surface area contributed by atoms with Crippen LogP contribution in [0.2, 0.25) is 0 Å². The van der Waals surface area contributed by atoms with E-state index in [9.17, 15) is 9.59 Å². The number of fused-ring (bicyclic) bond motifs is 2. The molecule has 6 rings (SSSR count). The smallest absolute Gasteiger partial charge is 0.256 e. The fourth-order valence-corrected chi connectivity index (χ4v) is 5.66. The first-order valence-electron chi connectivity index (χ1n) is 11.1. The van der Waals surface area contributed by atoms with Crippen molar-refractivity contribution in [2.45, 2.75) is 50.6 Å². The van der Waals surface area contributed by atoms with Gasteiger partial charge in [0.25, 0.3) is 5.91 Å². The van der Waals surface area contributed by atoms with Crippen molar-refractivity contribution >= 4 is 11.8 Å². The highest BCUT2D eigenvalue weighted by molar-refractivity contribution is 5.98. The van der Waals surface area contributed by atoms with Gasteiger partial charge in [0.2, 0.25) is 5.91 Å². The van der Waals surface area contributed by atoms with E-state index in [1.807, 2.05) is 29.2 Å². The lowest BCUT2D eigenvalue weighted by atomic mass is 9.71. The monoisotopic (exact) mass is 406 g/mol. The number of tetrazole rings is 1. The fraction of sp³-hybridized carbons (Fsp3) is 0.591. The first kappa shape index (κ1) is 18.0. The van der Waals surface area contributed by atoms with Crippen LogP contribution in [0, 0.1) is 17.8 Å². The number of amides is 2. The Balaban J connectivity index is 1.11. The number of carbonyl (C=O) groups is 2. The van der Waals surface area contributed by atoms with Gasteiger partial charge in [-0.15, -0.1) is 5.10 Å². The molecule has 2 aromatic rings. The van der Waals surface area contributed by atoms with Gasteiger partial charge in [-0.25, -0.2) is 0 Å². The molecule has 2 saturated carbocycles. The van der Waals surface area contributed by atoms with Gasteiger partial charge in [-0.3, -0.25) is 9.59 Å². The molecule has 4 aliphatic rings. The van der Waals surface area contributed by atoms with E-state index in [0.29, 0.717) is 30.2 Å². The van der Waals surface area contributed by atoms with Crippen molar-refractivity contribution in [1.82, 2.24) is 30.0 Å². The summed E-state index contributed by atoms with van der Waals surface area (Å²) in [4.78, 5) is 30.3. The van der Waals surface area contributed by atoms with E-state index in [4.69, 9.17) is 0 Å². The molecular weight excluding hydrogens is 380 g/mol. The van der Waals surface area contributed by atoms with Crippen molar-refractivity contribution in [2.24, 2.45) is 17.8 Å². The van der Waals surface area contributed by atoms with E-state index in [0.717, 1.165) is 31.1 Å². The molecule has 0 radical (unpaired) electrons. The highest BCUT2D eigenvalue weighted by atomic mass is 16.2. The summed E-state index contributed by atoms with van der Waals surface area (Å²) in [7, 11) is 0. The summed E-state index contributed by atoms with van der Waals surface area (Å²) in [6, 6.07) is 7.68. The van der Waals surface area contributed by atoms with Crippen molar-refractivity contribution < 1.29 is 9.59 Å². The molecule has 1 aromatic heterocycles. The van der Waals surface area contributed by atoms with E-state index >= 15 is 0 Å². The van der Waals surface area contributed by atoms with Gasteiger partial charge in [-0.1, -0.05) is 25.0 Å². The van der Waals surface area contributed by atoms with Crippen LogP contribution in [-0.4, -0.2) is 67.0 Å². The Morgan fingerprint density at radius 2 is 1.73 bits per heavy atom. The van der Waals surface area contributed by atoms with Gasteiger partial charge in [0.1, 0.15) is 6.33 Å². The van der Waals surface area contributed by atoms with Crippen LogP contribution in [0.5, 0.6) is 0 Å². The van der Waals surface area contributed by atoms with Crippen LogP contribution in [0.1, 0.15) is 48.9 Å². The number of rotatable bonds is 5. The summed E-state index contributed by atoms with van der Waals surface area (Å²) in [6.07, 6.45) is 8.66. The fourth-order valence-electron chi connectivity index (χ4n) is 5.66. The highest BCUT2D eigenvalue weighted by Gasteiger charge is 2.50. The maximum Gasteiger partial charge on any atom is 0.256 e. The van der Waals surface area contributed by atoms with Crippen LogP contribution in [0.3, 0.4) is 0 Å². The van der Waals surface area contributed by atoms with E-state index in [1.54, 1.807) is 0 Å². The van der Waals surface area contributed by atoms with Crippen LogP contribution in [-0.2, 0) is 4.79 Å². The van der Waals surface area contributed by atoms with E-state index in [-0.39, 0.29) is 23.9 Å². The molecular formula is C22H26N6O2. The van der Waals surface area contributed by atoms with E-state index < -0.39 is 0 Å². The molecule has 4 fully saturated rings. The molecule has 1 aromatic carbocycles. The summed E-state index contributed by atoms with van der Waals surface area (Å²) in [6.45, 7) is 1.30. The summed E-state index contributed by atoms with van der Waals surface area (Å²) < 4.78 is 1.52. The second kappa shape index (κ2) is 6.89. The maximum atomic E-state index is 13.3. The Hall–Kier alpha value is -2.77. The van der Waals surface area contributed by atoms with Crippen LogP contribution in [0.4, 0.5) is 0 Å². The minimum Gasteiger partial charge on any atom is -0.336 e. The predicted molar refractivity (Wildman–Crippen MR) is 108 cm³/mol. The van der Waals surface area contributed by atoms with Gasteiger partial charge in [0.05, 0.1) is 23.3 Å². The Bertz CT molecular complexity index is 966.